The first-order valence-corrected chi connectivity index (χ1v) is 10.5. The van der Waals surface area contributed by atoms with Gasteiger partial charge in [0.05, 0.1) is 16.9 Å². The van der Waals surface area contributed by atoms with Gasteiger partial charge in [0.1, 0.15) is 23.9 Å². The van der Waals surface area contributed by atoms with Gasteiger partial charge in [-0.1, -0.05) is 27.7 Å². The van der Waals surface area contributed by atoms with Gasteiger partial charge < -0.3 is 44.5 Å². The molecule has 13 atom stereocenters. The molecule has 2 aliphatic carbocycles. The zero-order chi connectivity index (χ0) is 21.8. The molecule has 4 saturated heterocycles. The molecule has 4 heterocycles. The number of hydrogen-bond acceptors (Lipinski definition) is 10. The molecule has 2 saturated carbocycles. The van der Waals surface area contributed by atoms with Crippen LogP contribution in [-0.4, -0.2) is 86.0 Å². The maximum absolute atomic E-state index is 13.4. The number of aliphatic hydroxyl groups excluding tert-OH is 4. The van der Waals surface area contributed by atoms with Gasteiger partial charge in [-0.2, -0.15) is 0 Å². The zero-order valence-corrected chi connectivity index (χ0v) is 17.2. The summed E-state index contributed by atoms with van der Waals surface area (Å²) in [5.74, 6) is -2.25. The molecule has 4 aliphatic heterocycles. The zero-order valence-electron chi connectivity index (χ0n) is 17.2. The summed E-state index contributed by atoms with van der Waals surface area (Å²) < 4.78 is 23.1. The van der Waals surface area contributed by atoms with E-state index in [9.17, 15) is 30.3 Å². The van der Waals surface area contributed by atoms with Crippen molar-refractivity contribution in [1.29, 1.82) is 0 Å². The fraction of sp³-hybridized carbons (Fsp3) is 0.950. The molecule has 6 aliphatic rings. The SMILES string of the molecule is C[C@@H]1C(O)OC2[C@H](O)C34C5C[C@@H](C(C)(C)C)C36[C@@H](O[C@H](O)[C@@H]6O)O[C@@]4(C(=O)O5)[C@]21O. The van der Waals surface area contributed by atoms with E-state index in [1.54, 1.807) is 0 Å². The van der Waals surface area contributed by atoms with E-state index < -0.39 is 82.6 Å². The minimum Gasteiger partial charge on any atom is -0.459 e. The Labute approximate surface area is 172 Å². The number of hydrogen-bond donors (Lipinski definition) is 5. The number of aliphatic hydroxyl groups is 5. The van der Waals surface area contributed by atoms with Gasteiger partial charge in [-0.15, -0.1) is 0 Å². The molecule has 30 heavy (non-hydrogen) atoms. The highest BCUT2D eigenvalue weighted by atomic mass is 16.8. The summed E-state index contributed by atoms with van der Waals surface area (Å²) in [6, 6.07) is 0. The quantitative estimate of drug-likeness (QED) is 0.280. The lowest BCUT2D eigenvalue weighted by molar-refractivity contribution is -0.263. The van der Waals surface area contributed by atoms with Crippen molar-refractivity contribution in [3.8, 4) is 0 Å². The Balaban J connectivity index is 1.70. The van der Waals surface area contributed by atoms with Crippen LogP contribution in [-0.2, 0) is 23.7 Å². The third-order valence-electron chi connectivity index (χ3n) is 9.27. The highest BCUT2D eigenvalue weighted by Gasteiger charge is 3.02. The van der Waals surface area contributed by atoms with E-state index in [0.717, 1.165) is 0 Å². The molecule has 10 heteroatoms. The van der Waals surface area contributed by atoms with Gasteiger partial charge in [-0.05, 0) is 17.8 Å². The maximum atomic E-state index is 13.4. The molecule has 0 amide bonds. The predicted molar refractivity (Wildman–Crippen MR) is 94.0 cm³/mol. The van der Waals surface area contributed by atoms with E-state index in [-0.39, 0.29) is 5.92 Å². The summed E-state index contributed by atoms with van der Waals surface area (Å²) in [4.78, 5) is 13.4. The highest BCUT2D eigenvalue weighted by molar-refractivity contribution is 5.89. The smallest absolute Gasteiger partial charge is 0.342 e. The normalized spacial score (nSPS) is 65.5. The summed E-state index contributed by atoms with van der Waals surface area (Å²) >= 11 is 0. The van der Waals surface area contributed by atoms with Gasteiger partial charge >= 0.3 is 5.97 Å². The molecule has 0 aromatic rings. The molecule has 5 N–H and O–H groups in total. The largest absolute Gasteiger partial charge is 0.459 e. The second-order valence-corrected chi connectivity index (χ2v) is 11.0. The van der Waals surface area contributed by atoms with Crippen LogP contribution in [0.4, 0.5) is 0 Å². The Morgan fingerprint density at radius 3 is 2.33 bits per heavy atom. The number of carbonyl (C=O) groups excluding carboxylic acids is 1. The number of esters is 1. The van der Waals surface area contributed by atoms with Crippen LogP contribution in [0.25, 0.3) is 0 Å². The molecular formula is C20H28O10. The Hall–Kier alpha value is -0.850. The molecule has 10 nitrogen and oxygen atoms in total. The van der Waals surface area contributed by atoms with Crippen LogP contribution in [0.15, 0.2) is 0 Å². The number of rotatable bonds is 0. The van der Waals surface area contributed by atoms with E-state index in [1.165, 1.54) is 6.92 Å². The molecular weight excluding hydrogens is 400 g/mol. The average molecular weight is 428 g/mol. The first-order valence-electron chi connectivity index (χ1n) is 10.5. The molecule has 0 bridgehead atoms. The van der Waals surface area contributed by atoms with Crippen LogP contribution < -0.4 is 0 Å². The van der Waals surface area contributed by atoms with Crippen LogP contribution in [0, 0.1) is 28.1 Å². The molecule has 6 rings (SSSR count). The van der Waals surface area contributed by atoms with E-state index in [2.05, 4.69) is 0 Å². The molecule has 5 unspecified atom stereocenters. The lowest BCUT2D eigenvalue weighted by Gasteiger charge is -2.49. The fourth-order valence-corrected chi connectivity index (χ4v) is 8.38. The van der Waals surface area contributed by atoms with Crippen LogP contribution in [0.2, 0.25) is 0 Å². The monoisotopic (exact) mass is 428 g/mol. The van der Waals surface area contributed by atoms with Crippen molar-refractivity contribution in [3.05, 3.63) is 0 Å². The Bertz CT molecular complexity index is 842. The van der Waals surface area contributed by atoms with Crippen LogP contribution in [0.5, 0.6) is 0 Å². The summed E-state index contributed by atoms with van der Waals surface area (Å²) in [5, 5.41) is 55.7. The molecule has 0 radical (unpaired) electrons. The van der Waals surface area contributed by atoms with Crippen molar-refractivity contribution in [3.63, 3.8) is 0 Å². The van der Waals surface area contributed by atoms with Crippen molar-refractivity contribution >= 4 is 5.97 Å². The summed E-state index contributed by atoms with van der Waals surface area (Å²) in [5.41, 5.74) is -7.74. The predicted octanol–water partition coefficient (Wildman–Crippen LogP) is -1.79. The highest BCUT2D eigenvalue weighted by Crippen LogP contribution is 2.84. The Kier molecular flexibility index (Phi) is 3.33. The minimum absolute atomic E-state index is 0.292. The molecule has 0 aromatic heterocycles. The summed E-state index contributed by atoms with van der Waals surface area (Å²) in [6.45, 7) is 7.39. The second kappa shape index (κ2) is 5.04. The van der Waals surface area contributed by atoms with E-state index in [4.69, 9.17) is 18.9 Å². The van der Waals surface area contributed by atoms with Gasteiger partial charge in [0.2, 0.25) is 5.60 Å². The summed E-state index contributed by atoms with van der Waals surface area (Å²) in [7, 11) is 0. The lowest BCUT2D eigenvalue weighted by Crippen LogP contribution is -2.67. The van der Waals surface area contributed by atoms with Gasteiger partial charge in [0, 0.05) is 5.92 Å². The molecule has 2 spiro atoms. The lowest BCUT2D eigenvalue weighted by atomic mass is 9.51. The van der Waals surface area contributed by atoms with Crippen LogP contribution >= 0.6 is 0 Å². The molecule has 0 aromatic carbocycles. The fourth-order valence-electron chi connectivity index (χ4n) is 8.38. The van der Waals surface area contributed by atoms with Crippen molar-refractivity contribution in [2.45, 2.75) is 88.6 Å². The number of carbonyl (C=O) groups is 1. The first kappa shape index (κ1) is 19.8. The van der Waals surface area contributed by atoms with E-state index >= 15 is 0 Å². The average Bonchev–Trinajstić information content (AvgIpc) is 3.35. The van der Waals surface area contributed by atoms with Crippen molar-refractivity contribution in [2.24, 2.45) is 28.1 Å². The molecule has 168 valence electrons. The van der Waals surface area contributed by atoms with Gasteiger partial charge in [0.25, 0.3) is 0 Å². The topological polar surface area (TPSA) is 155 Å². The first-order chi connectivity index (χ1) is 13.8. The Morgan fingerprint density at radius 1 is 1.03 bits per heavy atom. The van der Waals surface area contributed by atoms with Crippen LogP contribution in [0.3, 0.4) is 0 Å². The number of fused-ring (bicyclic) bond motifs is 1. The van der Waals surface area contributed by atoms with E-state index in [1.807, 2.05) is 20.8 Å². The van der Waals surface area contributed by atoms with Gasteiger partial charge in [-0.3, -0.25) is 0 Å². The van der Waals surface area contributed by atoms with Crippen molar-refractivity contribution in [1.82, 2.24) is 0 Å². The third kappa shape index (κ3) is 1.45. The van der Waals surface area contributed by atoms with Crippen molar-refractivity contribution in [2.75, 3.05) is 0 Å². The molecule has 6 fully saturated rings. The van der Waals surface area contributed by atoms with Gasteiger partial charge in [0.15, 0.2) is 18.9 Å². The van der Waals surface area contributed by atoms with Crippen molar-refractivity contribution < 1.29 is 49.3 Å². The standard InChI is InChI=1S/C20H28O10/c1-6-12(23)28-11-9(21)18-8-5-7(16(2,3)4)17(18)10(22)13(24)29-15(17)30-20(18,14(25)27-8)19(6,11)26/h6-13,15,21-24,26H,5H2,1-4H3/t6-,7+,8?,9+,10+,11?,12?,13+,15+,17?,18?,19-,20-/m1/s1. The van der Waals surface area contributed by atoms with E-state index in [0.29, 0.717) is 6.42 Å². The number of ether oxygens (including phenoxy) is 4. The Morgan fingerprint density at radius 2 is 1.70 bits per heavy atom. The summed E-state index contributed by atoms with van der Waals surface area (Å²) in [6.07, 6.45) is -9.21. The second-order valence-electron chi connectivity index (χ2n) is 11.0. The van der Waals surface area contributed by atoms with Gasteiger partial charge in [-0.25, -0.2) is 4.79 Å². The minimum atomic E-state index is -2.12. The maximum Gasteiger partial charge on any atom is 0.342 e. The van der Waals surface area contributed by atoms with Crippen LogP contribution in [0.1, 0.15) is 34.1 Å². The third-order valence-corrected chi connectivity index (χ3v) is 9.27.